The molecule has 1 atom stereocenters. The fraction of sp³-hybridized carbons (Fsp3) is 0.909. The van der Waals surface area contributed by atoms with Crippen molar-refractivity contribution in [3.8, 4) is 0 Å². The molecule has 0 saturated carbocycles. The van der Waals surface area contributed by atoms with Gasteiger partial charge >= 0.3 is 5.97 Å². The lowest BCUT2D eigenvalue weighted by Gasteiger charge is -2.35. The van der Waals surface area contributed by atoms with Crippen molar-refractivity contribution in [2.75, 3.05) is 33.7 Å². The van der Waals surface area contributed by atoms with Crippen molar-refractivity contribution in [2.45, 2.75) is 25.8 Å². The summed E-state index contributed by atoms with van der Waals surface area (Å²) < 4.78 is 0. The zero-order valence-electron chi connectivity index (χ0n) is 9.94. The first-order chi connectivity index (χ1) is 7.00. The van der Waals surface area contributed by atoms with Gasteiger partial charge in [-0.3, -0.25) is 4.79 Å². The molecule has 1 unspecified atom stereocenters. The van der Waals surface area contributed by atoms with Crippen LogP contribution in [-0.2, 0) is 4.79 Å². The van der Waals surface area contributed by atoms with E-state index in [1.165, 1.54) is 0 Å². The van der Waals surface area contributed by atoms with E-state index >= 15 is 0 Å². The first-order valence-electron chi connectivity index (χ1n) is 5.62. The third-order valence-electron chi connectivity index (χ3n) is 3.24. The topological polar surface area (TPSA) is 43.8 Å². The van der Waals surface area contributed by atoms with Crippen LogP contribution in [0.2, 0.25) is 0 Å². The Balaban J connectivity index is 2.28. The second-order valence-electron chi connectivity index (χ2n) is 4.73. The molecule has 1 N–H and O–H groups in total. The standard InChI is InChI=1S/C11H22N2O2/c1-9(11(14)15)8-13-6-4-10(5-7-13)12(2)3/h9-10H,4-8H2,1-3H3,(H,14,15). The van der Waals surface area contributed by atoms with Crippen molar-refractivity contribution >= 4 is 5.97 Å². The van der Waals surface area contributed by atoms with Crippen molar-refractivity contribution in [1.82, 2.24) is 9.80 Å². The minimum absolute atomic E-state index is 0.249. The summed E-state index contributed by atoms with van der Waals surface area (Å²) in [5.74, 6) is -0.939. The molecule has 0 spiro atoms. The van der Waals surface area contributed by atoms with Gasteiger partial charge in [0.25, 0.3) is 0 Å². The van der Waals surface area contributed by atoms with Crippen molar-refractivity contribution in [3.63, 3.8) is 0 Å². The van der Waals surface area contributed by atoms with Crippen LogP contribution in [0.4, 0.5) is 0 Å². The molecule has 4 nitrogen and oxygen atoms in total. The highest BCUT2D eigenvalue weighted by Crippen LogP contribution is 2.15. The van der Waals surface area contributed by atoms with Crippen LogP contribution in [0.3, 0.4) is 0 Å². The second kappa shape index (κ2) is 5.47. The molecule has 1 heterocycles. The lowest BCUT2D eigenvalue weighted by Crippen LogP contribution is -2.44. The lowest BCUT2D eigenvalue weighted by molar-refractivity contribution is -0.141. The zero-order valence-corrected chi connectivity index (χ0v) is 9.94. The van der Waals surface area contributed by atoms with Gasteiger partial charge in [0.1, 0.15) is 0 Å². The lowest BCUT2D eigenvalue weighted by atomic mass is 10.0. The maximum Gasteiger partial charge on any atom is 0.307 e. The highest BCUT2D eigenvalue weighted by Gasteiger charge is 2.23. The summed E-state index contributed by atoms with van der Waals surface area (Å²) in [5.41, 5.74) is 0. The number of nitrogens with zero attached hydrogens (tertiary/aromatic N) is 2. The van der Waals surface area contributed by atoms with Crippen LogP contribution in [-0.4, -0.2) is 60.6 Å². The molecule has 0 radical (unpaired) electrons. The molecule has 0 bridgehead atoms. The van der Waals surface area contributed by atoms with Gasteiger partial charge in [0, 0.05) is 12.6 Å². The summed E-state index contributed by atoms with van der Waals surface area (Å²) >= 11 is 0. The van der Waals surface area contributed by atoms with Crippen molar-refractivity contribution in [1.29, 1.82) is 0 Å². The smallest absolute Gasteiger partial charge is 0.307 e. The van der Waals surface area contributed by atoms with Crippen LogP contribution in [0.5, 0.6) is 0 Å². The van der Waals surface area contributed by atoms with E-state index in [0.29, 0.717) is 12.6 Å². The normalized spacial score (nSPS) is 21.9. The fourth-order valence-corrected chi connectivity index (χ4v) is 2.08. The van der Waals surface area contributed by atoms with Crippen LogP contribution in [0.25, 0.3) is 0 Å². The highest BCUT2D eigenvalue weighted by atomic mass is 16.4. The highest BCUT2D eigenvalue weighted by molar-refractivity contribution is 5.69. The van der Waals surface area contributed by atoms with Crippen molar-refractivity contribution < 1.29 is 9.90 Å². The zero-order chi connectivity index (χ0) is 11.4. The molecule has 88 valence electrons. The SMILES string of the molecule is CC(CN1CCC(N(C)C)CC1)C(=O)O. The van der Waals surface area contributed by atoms with Crippen molar-refractivity contribution in [3.05, 3.63) is 0 Å². The molecule has 1 saturated heterocycles. The van der Waals surface area contributed by atoms with E-state index in [2.05, 4.69) is 23.9 Å². The Labute approximate surface area is 91.9 Å². The van der Waals surface area contributed by atoms with Crippen LogP contribution in [0, 0.1) is 5.92 Å². The van der Waals surface area contributed by atoms with Gasteiger partial charge in [-0.25, -0.2) is 0 Å². The average molecular weight is 214 g/mol. The maximum absolute atomic E-state index is 10.7. The molecule has 0 aromatic rings. The molecule has 1 aliphatic rings. The minimum Gasteiger partial charge on any atom is -0.481 e. The quantitative estimate of drug-likeness (QED) is 0.749. The van der Waals surface area contributed by atoms with Crippen LogP contribution >= 0.6 is 0 Å². The molecule has 0 amide bonds. The Morgan fingerprint density at radius 2 is 2.00 bits per heavy atom. The number of piperidine rings is 1. The number of carbonyl (C=O) groups is 1. The number of hydrogen-bond acceptors (Lipinski definition) is 3. The van der Waals surface area contributed by atoms with E-state index < -0.39 is 5.97 Å². The molecule has 1 rings (SSSR count). The van der Waals surface area contributed by atoms with Gasteiger partial charge in [0.15, 0.2) is 0 Å². The predicted octanol–water partition coefficient (Wildman–Crippen LogP) is 0.733. The first kappa shape index (κ1) is 12.5. The summed E-state index contributed by atoms with van der Waals surface area (Å²) in [6.07, 6.45) is 2.30. The number of carboxylic acids is 1. The molecular weight excluding hydrogens is 192 g/mol. The summed E-state index contributed by atoms with van der Waals surface area (Å²) in [6.45, 7) is 4.52. The van der Waals surface area contributed by atoms with E-state index in [1.54, 1.807) is 6.92 Å². The molecule has 1 fully saturated rings. The van der Waals surface area contributed by atoms with Gasteiger partial charge in [-0.05, 0) is 40.0 Å². The summed E-state index contributed by atoms with van der Waals surface area (Å²) in [5, 5.41) is 8.82. The van der Waals surface area contributed by atoms with E-state index in [4.69, 9.17) is 5.11 Å². The number of rotatable bonds is 4. The summed E-state index contributed by atoms with van der Waals surface area (Å²) in [6, 6.07) is 0.668. The average Bonchev–Trinajstić information content (AvgIpc) is 2.18. The van der Waals surface area contributed by atoms with E-state index in [1.807, 2.05) is 0 Å². The Hall–Kier alpha value is -0.610. The van der Waals surface area contributed by atoms with Crippen LogP contribution < -0.4 is 0 Å². The molecule has 0 aromatic heterocycles. The monoisotopic (exact) mass is 214 g/mol. The van der Waals surface area contributed by atoms with E-state index in [0.717, 1.165) is 25.9 Å². The summed E-state index contributed by atoms with van der Waals surface area (Å²) in [7, 11) is 4.22. The molecule has 1 aliphatic heterocycles. The number of likely N-dealkylation sites (tertiary alicyclic amines) is 1. The Bertz CT molecular complexity index is 211. The third-order valence-corrected chi connectivity index (χ3v) is 3.24. The largest absolute Gasteiger partial charge is 0.481 e. The second-order valence-corrected chi connectivity index (χ2v) is 4.73. The van der Waals surface area contributed by atoms with Gasteiger partial charge in [-0.15, -0.1) is 0 Å². The van der Waals surface area contributed by atoms with Gasteiger partial charge in [-0.1, -0.05) is 6.92 Å². The summed E-state index contributed by atoms with van der Waals surface area (Å²) in [4.78, 5) is 15.2. The molecule has 0 aromatic carbocycles. The number of carboxylic acid groups (broad SMARTS) is 1. The predicted molar refractivity (Wildman–Crippen MR) is 59.9 cm³/mol. The van der Waals surface area contributed by atoms with Gasteiger partial charge < -0.3 is 14.9 Å². The fourth-order valence-electron chi connectivity index (χ4n) is 2.08. The van der Waals surface area contributed by atoms with E-state index in [-0.39, 0.29) is 5.92 Å². The molecular formula is C11H22N2O2. The van der Waals surface area contributed by atoms with Gasteiger partial charge in [-0.2, -0.15) is 0 Å². The van der Waals surface area contributed by atoms with Gasteiger partial charge in [0.2, 0.25) is 0 Å². The number of aliphatic carboxylic acids is 1. The van der Waals surface area contributed by atoms with E-state index in [9.17, 15) is 4.79 Å². The van der Waals surface area contributed by atoms with Crippen LogP contribution in [0.15, 0.2) is 0 Å². The molecule has 0 aliphatic carbocycles. The Kier molecular flexibility index (Phi) is 4.54. The molecule has 15 heavy (non-hydrogen) atoms. The first-order valence-corrected chi connectivity index (χ1v) is 5.62. The van der Waals surface area contributed by atoms with Crippen LogP contribution in [0.1, 0.15) is 19.8 Å². The third kappa shape index (κ3) is 3.80. The van der Waals surface area contributed by atoms with Crippen molar-refractivity contribution in [2.24, 2.45) is 5.92 Å². The Morgan fingerprint density at radius 3 is 2.40 bits per heavy atom. The molecule has 4 heteroatoms. The van der Waals surface area contributed by atoms with Gasteiger partial charge in [0.05, 0.1) is 5.92 Å². The minimum atomic E-state index is -0.690. The Morgan fingerprint density at radius 1 is 1.47 bits per heavy atom. The maximum atomic E-state index is 10.7. The number of hydrogen-bond donors (Lipinski definition) is 1.